The summed E-state index contributed by atoms with van der Waals surface area (Å²) in [4.78, 5) is 51.3. The summed E-state index contributed by atoms with van der Waals surface area (Å²) in [6.45, 7) is -0.631. The number of amides is 5. The molecule has 1 aliphatic rings. The van der Waals surface area contributed by atoms with Crippen molar-refractivity contribution in [2.24, 2.45) is 0 Å². The number of rotatable bonds is 8. The van der Waals surface area contributed by atoms with Crippen LogP contribution in [-0.2, 0) is 14.4 Å². The van der Waals surface area contributed by atoms with E-state index in [-0.39, 0.29) is 6.54 Å². The maximum atomic E-state index is 13.1. The molecule has 3 N–H and O–H groups in total. The van der Waals surface area contributed by atoms with E-state index in [1.807, 2.05) is 24.3 Å². The van der Waals surface area contributed by atoms with Crippen molar-refractivity contribution >= 4 is 39.5 Å². The summed E-state index contributed by atoms with van der Waals surface area (Å²) in [6.07, 6.45) is 6.55. The Kier molecular flexibility index (Phi) is 7.27. The molecule has 0 radical (unpaired) electrons. The Bertz CT molecular complexity index is 1030. The van der Waals surface area contributed by atoms with Gasteiger partial charge in [0.05, 0.1) is 13.7 Å². The molecular formula is C23H28N4O5S. The van der Waals surface area contributed by atoms with Gasteiger partial charge in [0.2, 0.25) is 5.91 Å². The van der Waals surface area contributed by atoms with Crippen molar-refractivity contribution in [1.82, 2.24) is 15.5 Å². The molecule has 5 amide bonds. The quantitative estimate of drug-likeness (QED) is 0.509. The van der Waals surface area contributed by atoms with E-state index >= 15 is 0 Å². The van der Waals surface area contributed by atoms with Gasteiger partial charge in [-0.25, -0.2) is 14.8 Å². The van der Waals surface area contributed by atoms with Crippen molar-refractivity contribution in [3.05, 3.63) is 54.1 Å². The monoisotopic (exact) mass is 472 g/mol. The molecule has 2 aromatic rings. The molecule has 1 unspecified atom stereocenters. The first-order chi connectivity index (χ1) is 15.6. The highest BCUT2D eigenvalue weighted by Crippen LogP contribution is 2.45. The van der Waals surface area contributed by atoms with Gasteiger partial charge in [0.15, 0.2) is 0 Å². The molecule has 3 rings (SSSR count). The molecule has 9 nitrogen and oxygen atoms in total. The van der Waals surface area contributed by atoms with Gasteiger partial charge in [0.1, 0.15) is 18.3 Å². The molecule has 1 atom stereocenters. The smallest absolute Gasteiger partial charge is 0.325 e. The second kappa shape index (κ2) is 9.95. The molecule has 1 aliphatic heterocycles. The first-order valence-corrected chi connectivity index (χ1v) is 13.0. The molecule has 176 valence electrons. The molecule has 1 saturated heterocycles. The topological polar surface area (TPSA) is 117 Å². The van der Waals surface area contributed by atoms with Gasteiger partial charge >= 0.3 is 6.03 Å². The minimum absolute atomic E-state index is 0.152. The van der Waals surface area contributed by atoms with Crippen LogP contribution in [0.5, 0.6) is 5.75 Å². The van der Waals surface area contributed by atoms with Gasteiger partial charge in [0, 0.05) is 5.69 Å². The fourth-order valence-corrected chi connectivity index (χ4v) is 4.18. The van der Waals surface area contributed by atoms with E-state index in [9.17, 15) is 19.2 Å². The van der Waals surface area contributed by atoms with Crippen molar-refractivity contribution in [3.63, 3.8) is 0 Å². The highest BCUT2D eigenvalue weighted by atomic mass is 32.3. The minimum Gasteiger partial charge on any atom is -0.497 e. The average Bonchev–Trinajstić information content (AvgIpc) is 3.09. The summed E-state index contributed by atoms with van der Waals surface area (Å²) in [5, 5.41) is 7.82. The fourth-order valence-electron chi connectivity index (χ4n) is 3.22. The van der Waals surface area contributed by atoms with E-state index in [1.165, 1.54) is 12.0 Å². The zero-order chi connectivity index (χ0) is 24.2. The molecule has 1 fully saturated rings. The third kappa shape index (κ3) is 6.04. The zero-order valence-corrected chi connectivity index (χ0v) is 19.8. The van der Waals surface area contributed by atoms with Crippen LogP contribution in [-0.4, -0.2) is 67.6 Å². The summed E-state index contributed by atoms with van der Waals surface area (Å²) in [7, 11) is 0.633. The predicted molar refractivity (Wildman–Crippen MR) is 128 cm³/mol. The van der Waals surface area contributed by atoms with Crippen LogP contribution in [0.1, 0.15) is 11.6 Å². The van der Waals surface area contributed by atoms with Crippen molar-refractivity contribution in [2.75, 3.05) is 44.3 Å². The highest BCUT2D eigenvalue weighted by Gasteiger charge is 2.32. The van der Waals surface area contributed by atoms with Crippen LogP contribution < -0.4 is 20.7 Å². The summed E-state index contributed by atoms with van der Waals surface area (Å²) in [5.41, 5.74) is 1.11. The third-order valence-corrected chi connectivity index (χ3v) is 6.77. The van der Waals surface area contributed by atoms with Crippen LogP contribution in [0.3, 0.4) is 0 Å². The SMILES string of the molecule is COc1ccc(C(NC(=O)CN2C(=O)CNC2=O)C(=O)Nc2ccc(S(C)(C)C)cc2)cc1. The Morgan fingerprint density at radius 2 is 1.70 bits per heavy atom. The van der Waals surface area contributed by atoms with Crippen LogP contribution in [0.25, 0.3) is 0 Å². The van der Waals surface area contributed by atoms with Gasteiger partial charge in [-0.3, -0.25) is 19.3 Å². The van der Waals surface area contributed by atoms with Gasteiger partial charge < -0.3 is 20.7 Å². The van der Waals surface area contributed by atoms with Crippen LogP contribution in [0.4, 0.5) is 10.5 Å². The Hall–Kier alpha value is -3.53. The zero-order valence-electron chi connectivity index (χ0n) is 19.0. The van der Waals surface area contributed by atoms with Crippen molar-refractivity contribution in [1.29, 1.82) is 0 Å². The van der Waals surface area contributed by atoms with E-state index in [2.05, 4.69) is 34.7 Å². The summed E-state index contributed by atoms with van der Waals surface area (Å²) in [6, 6.07) is 12.6. The average molecular weight is 473 g/mol. The number of nitrogens with zero attached hydrogens (tertiary/aromatic N) is 1. The molecule has 0 spiro atoms. The number of carbonyl (C=O) groups is 4. The van der Waals surface area contributed by atoms with Crippen molar-refractivity contribution in [3.8, 4) is 5.75 Å². The Morgan fingerprint density at radius 3 is 2.21 bits per heavy atom. The summed E-state index contributed by atoms with van der Waals surface area (Å²) >= 11 is 0. The largest absolute Gasteiger partial charge is 0.497 e. The van der Waals surface area contributed by atoms with Crippen LogP contribution in [0.2, 0.25) is 0 Å². The number of nitrogens with one attached hydrogen (secondary N) is 3. The lowest BCUT2D eigenvalue weighted by molar-refractivity contribution is -0.131. The Labute approximate surface area is 194 Å². The molecular weight excluding hydrogens is 444 g/mol. The number of urea groups is 1. The normalized spacial score (nSPS) is 15.0. The first-order valence-electron chi connectivity index (χ1n) is 10.2. The number of ether oxygens (including phenoxy) is 1. The van der Waals surface area contributed by atoms with Gasteiger partial charge in [0.25, 0.3) is 11.8 Å². The number of carbonyl (C=O) groups excluding carboxylic acids is 4. The Balaban J connectivity index is 1.78. The second-order valence-electron chi connectivity index (χ2n) is 8.26. The molecule has 33 heavy (non-hydrogen) atoms. The maximum absolute atomic E-state index is 13.1. The molecule has 0 aromatic heterocycles. The van der Waals surface area contributed by atoms with Gasteiger partial charge in [-0.05, 0) is 65.6 Å². The second-order valence-corrected chi connectivity index (χ2v) is 12.4. The standard InChI is InChI=1S/C23H28N4O5S/c1-32-17-9-5-15(6-10-17)21(26-19(28)14-27-20(29)13-24-23(27)31)22(30)25-16-7-11-18(12-8-16)33(2,3)4/h5-12,21H,13-14H2,1-4H3,(H,24,31)(H,25,30)(H,26,28). The number of imide groups is 1. The van der Waals surface area contributed by atoms with E-state index in [0.29, 0.717) is 17.0 Å². The number of hydrogen-bond acceptors (Lipinski definition) is 5. The van der Waals surface area contributed by atoms with E-state index in [4.69, 9.17) is 4.74 Å². The van der Waals surface area contributed by atoms with E-state index in [1.54, 1.807) is 24.3 Å². The number of anilines is 1. The molecule has 0 bridgehead atoms. The number of benzene rings is 2. The van der Waals surface area contributed by atoms with Crippen LogP contribution in [0, 0.1) is 0 Å². The fraction of sp³-hybridized carbons (Fsp3) is 0.304. The number of methoxy groups -OCH3 is 1. The van der Waals surface area contributed by atoms with Crippen LogP contribution in [0.15, 0.2) is 53.4 Å². The molecule has 2 aromatic carbocycles. The van der Waals surface area contributed by atoms with Crippen molar-refractivity contribution in [2.45, 2.75) is 10.9 Å². The maximum Gasteiger partial charge on any atom is 0.325 e. The molecule has 1 heterocycles. The highest BCUT2D eigenvalue weighted by molar-refractivity contribution is 8.32. The summed E-state index contributed by atoms with van der Waals surface area (Å²) in [5.74, 6) is -0.991. The van der Waals surface area contributed by atoms with Gasteiger partial charge in [-0.15, -0.1) is 0 Å². The predicted octanol–water partition coefficient (Wildman–Crippen LogP) is 2.10. The molecule has 0 aliphatic carbocycles. The van der Waals surface area contributed by atoms with Gasteiger partial charge in [-0.1, -0.05) is 12.1 Å². The number of hydrogen-bond donors (Lipinski definition) is 3. The lowest BCUT2D eigenvalue weighted by atomic mass is 10.1. The molecule has 10 heteroatoms. The van der Waals surface area contributed by atoms with Crippen molar-refractivity contribution < 1.29 is 23.9 Å². The van der Waals surface area contributed by atoms with Crippen LogP contribution >= 0.6 is 10.0 Å². The molecule has 0 saturated carbocycles. The first kappa shape index (κ1) is 24.1. The van der Waals surface area contributed by atoms with Gasteiger partial charge in [-0.2, -0.15) is 0 Å². The Morgan fingerprint density at radius 1 is 1.06 bits per heavy atom. The van der Waals surface area contributed by atoms with E-state index < -0.39 is 46.4 Å². The third-order valence-electron chi connectivity index (χ3n) is 5.08. The lowest BCUT2D eigenvalue weighted by Gasteiger charge is -2.26. The summed E-state index contributed by atoms with van der Waals surface area (Å²) < 4.78 is 5.16. The van der Waals surface area contributed by atoms with E-state index in [0.717, 1.165) is 4.90 Å². The minimum atomic E-state index is -1.04. The lowest BCUT2D eigenvalue weighted by Crippen LogP contribution is -2.44.